The van der Waals surface area contributed by atoms with Gasteiger partial charge in [0.05, 0.1) is 23.4 Å². The molecular formula is C13H16N2O. The van der Waals surface area contributed by atoms with Crippen LogP contribution in [0.5, 0.6) is 5.75 Å². The highest BCUT2D eigenvalue weighted by Crippen LogP contribution is 2.34. The number of hydrogen-bond acceptors (Lipinski definition) is 3. The molecule has 1 unspecified atom stereocenters. The quantitative estimate of drug-likeness (QED) is 0.725. The first-order valence-corrected chi connectivity index (χ1v) is 5.44. The van der Waals surface area contributed by atoms with Gasteiger partial charge in [0.1, 0.15) is 12.4 Å². The lowest BCUT2D eigenvalue weighted by molar-refractivity contribution is 0.207. The summed E-state index contributed by atoms with van der Waals surface area (Å²) < 4.78 is 5.69. The molecule has 0 spiro atoms. The summed E-state index contributed by atoms with van der Waals surface area (Å²) in [6.45, 7) is 7.19. The predicted octanol–water partition coefficient (Wildman–Crippen LogP) is 2.78. The van der Waals surface area contributed by atoms with Gasteiger partial charge < -0.3 is 10.1 Å². The van der Waals surface area contributed by atoms with E-state index in [4.69, 9.17) is 10.00 Å². The molecule has 1 aromatic carbocycles. The van der Waals surface area contributed by atoms with Crippen LogP contribution in [0, 0.1) is 16.7 Å². The monoisotopic (exact) mass is 216 g/mol. The lowest BCUT2D eigenvalue weighted by atomic mass is 9.86. The molecule has 0 fully saturated rings. The Labute approximate surface area is 96.0 Å². The molecular weight excluding hydrogens is 200 g/mol. The van der Waals surface area contributed by atoms with Crippen LogP contribution < -0.4 is 10.1 Å². The maximum Gasteiger partial charge on any atom is 0.142 e. The van der Waals surface area contributed by atoms with E-state index < -0.39 is 0 Å². The SMILES string of the molecule is CC(C)(C)C1COc2ccc(C#N)cc2N1. The van der Waals surface area contributed by atoms with Crippen LogP contribution in [0.15, 0.2) is 18.2 Å². The van der Waals surface area contributed by atoms with Crippen LogP contribution >= 0.6 is 0 Å². The van der Waals surface area contributed by atoms with Gasteiger partial charge in [-0.05, 0) is 23.6 Å². The molecule has 1 aliphatic heterocycles. The summed E-state index contributed by atoms with van der Waals surface area (Å²) in [7, 11) is 0. The highest BCUT2D eigenvalue weighted by Gasteiger charge is 2.29. The molecule has 1 N–H and O–H groups in total. The Morgan fingerprint density at radius 3 is 2.81 bits per heavy atom. The summed E-state index contributed by atoms with van der Waals surface area (Å²) in [6.07, 6.45) is 0. The van der Waals surface area contributed by atoms with E-state index in [0.717, 1.165) is 11.4 Å². The third kappa shape index (κ3) is 1.96. The fourth-order valence-electron chi connectivity index (χ4n) is 1.71. The van der Waals surface area contributed by atoms with Gasteiger partial charge in [-0.2, -0.15) is 5.26 Å². The summed E-state index contributed by atoms with van der Waals surface area (Å²) in [4.78, 5) is 0. The molecule has 84 valence electrons. The summed E-state index contributed by atoms with van der Waals surface area (Å²) >= 11 is 0. The molecule has 0 saturated carbocycles. The van der Waals surface area contributed by atoms with Crippen LogP contribution in [0.1, 0.15) is 26.3 Å². The second kappa shape index (κ2) is 3.71. The van der Waals surface area contributed by atoms with Gasteiger partial charge >= 0.3 is 0 Å². The van der Waals surface area contributed by atoms with Gasteiger partial charge in [0.15, 0.2) is 0 Å². The Balaban J connectivity index is 2.29. The summed E-state index contributed by atoms with van der Waals surface area (Å²) in [5.74, 6) is 0.833. The third-order valence-electron chi connectivity index (χ3n) is 2.89. The highest BCUT2D eigenvalue weighted by atomic mass is 16.5. The Kier molecular flexibility index (Phi) is 2.51. The van der Waals surface area contributed by atoms with Crippen LogP contribution in [0.3, 0.4) is 0 Å². The molecule has 0 amide bonds. The number of nitrogens with zero attached hydrogens (tertiary/aromatic N) is 1. The molecule has 3 heteroatoms. The van der Waals surface area contributed by atoms with Crippen molar-refractivity contribution < 1.29 is 4.74 Å². The normalized spacial score (nSPS) is 19.0. The first kappa shape index (κ1) is 10.8. The van der Waals surface area contributed by atoms with Gasteiger partial charge in [-0.3, -0.25) is 0 Å². The molecule has 3 nitrogen and oxygen atoms in total. The topological polar surface area (TPSA) is 45.0 Å². The van der Waals surface area contributed by atoms with Crippen molar-refractivity contribution in [1.29, 1.82) is 5.26 Å². The van der Waals surface area contributed by atoms with Crippen molar-refractivity contribution in [3.8, 4) is 11.8 Å². The number of hydrogen-bond donors (Lipinski definition) is 1. The molecule has 1 heterocycles. The maximum atomic E-state index is 8.85. The number of nitriles is 1. The van der Waals surface area contributed by atoms with Crippen molar-refractivity contribution in [2.24, 2.45) is 5.41 Å². The fraction of sp³-hybridized carbons (Fsp3) is 0.462. The maximum absolute atomic E-state index is 8.85. The largest absolute Gasteiger partial charge is 0.489 e. The summed E-state index contributed by atoms with van der Waals surface area (Å²) in [6, 6.07) is 7.87. The van der Waals surface area contributed by atoms with Crippen LogP contribution in [-0.4, -0.2) is 12.6 Å². The summed E-state index contributed by atoms with van der Waals surface area (Å²) in [5.41, 5.74) is 1.72. The van der Waals surface area contributed by atoms with E-state index in [-0.39, 0.29) is 11.5 Å². The van der Waals surface area contributed by atoms with E-state index in [1.807, 2.05) is 12.1 Å². The lowest BCUT2D eigenvalue weighted by Gasteiger charge is -2.36. The number of rotatable bonds is 0. The molecule has 2 rings (SSSR count). The Morgan fingerprint density at radius 2 is 2.19 bits per heavy atom. The smallest absolute Gasteiger partial charge is 0.142 e. The van der Waals surface area contributed by atoms with Crippen molar-refractivity contribution in [3.05, 3.63) is 23.8 Å². The minimum absolute atomic E-state index is 0.139. The van der Waals surface area contributed by atoms with Crippen LogP contribution in [0.2, 0.25) is 0 Å². The minimum Gasteiger partial charge on any atom is -0.489 e. The van der Waals surface area contributed by atoms with Crippen LogP contribution in [0.4, 0.5) is 5.69 Å². The predicted molar refractivity (Wildman–Crippen MR) is 63.5 cm³/mol. The molecule has 1 atom stereocenters. The molecule has 0 saturated heterocycles. The summed E-state index contributed by atoms with van der Waals surface area (Å²) in [5, 5.41) is 12.3. The first-order chi connectivity index (χ1) is 7.50. The van der Waals surface area contributed by atoms with Crippen molar-refractivity contribution >= 4 is 5.69 Å². The molecule has 16 heavy (non-hydrogen) atoms. The fourth-order valence-corrected chi connectivity index (χ4v) is 1.71. The van der Waals surface area contributed by atoms with Gasteiger partial charge in [-0.1, -0.05) is 20.8 Å². The molecule has 0 aliphatic carbocycles. The highest BCUT2D eigenvalue weighted by molar-refractivity contribution is 5.61. The number of fused-ring (bicyclic) bond motifs is 1. The Hall–Kier alpha value is -1.69. The second-order valence-electron chi connectivity index (χ2n) is 5.20. The van der Waals surface area contributed by atoms with E-state index in [2.05, 4.69) is 32.2 Å². The standard InChI is InChI=1S/C13H16N2O/c1-13(2,3)12-8-16-11-5-4-9(7-14)6-10(11)15-12/h4-6,12,15H,8H2,1-3H3. The molecule has 0 radical (unpaired) electrons. The van der Waals surface area contributed by atoms with Gasteiger partial charge in [0, 0.05) is 0 Å². The zero-order valence-electron chi connectivity index (χ0n) is 9.87. The zero-order valence-corrected chi connectivity index (χ0v) is 9.87. The second-order valence-corrected chi connectivity index (χ2v) is 5.20. The van der Waals surface area contributed by atoms with Gasteiger partial charge in [-0.15, -0.1) is 0 Å². The lowest BCUT2D eigenvalue weighted by Crippen LogP contribution is -2.41. The zero-order chi connectivity index (χ0) is 11.8. The number of nitrogens with one attached hydrogen (secondary N) is 1. The number of benzene rings is 1. The van der Waals surface area contributed by atoms with E-state index in [1.165, 1.54) is 0 Å². The van der Waals surface area contributed by atoms with Crippen molar-refractivity contribution in [2.45, 2.75) is 26.8 Å². The van der Waals surface area contributed by atoms with Gasteiger partial charge in [0.25, 0.3) is 0 Å². The van der Waals surface area contributed by atoms with Crippen LogP contribution in [0.25, 0.3) is 0 Å². The van der Waals surface area contributed by atoms with Crippen molar-refractivity contribution in [3.63, 3.8) is 0 Å². The number of anilines is 1. The molecule has 1 aliphatic rings. The van der Waals surface area contributed by atoms with Crippen molar-refractivity contribution in [2.75, 3.05) is 11.9 Å². The van der Waals surface area contributed by atoms with E-state index in [1.54, 1.807) is 6.07 Å². The van der Waals surface area contributed by atoms with Gasteiger partial charge in [0.2, 0.25) is 0 Å². The Morgan fingerprint density at radius 1 is 1.44 bits per heavy atom. The Bertz CT molecular complexity index is 440. The van der Waals surface area contributed by atoms with Crippen LogP contribution in [-0.2, 0) is 0 Å². The average Bonchev–Trinajstić information content (AvgIpc) is 2.26. The van der Waals surface area contributed by atoms with Gasteiger partial charge in [-0.25, -0.2) is 0 Å². The minimum atomic E-state index is 0.139. The average molecular weight is 216 g/mol. The third-order valence-corrected chi connectivity index (χ3v) is 2.89. The van der Waals surface area contributed by atoms with E-state index in [9.17, 15) is 0 Å². The van der Waals surface area contributed by atoms with Crippen molar-refractivity contribution in [1.82, 2.24) is 0 Å². The first-order valence-electron chi connectivity index (χ1n) is 5.44. The number of ether oxygens (including phenoxy) is 1. The molecule has 1 aromatic rings. The molecule has 0 aromatic heterocycles. The van der Waals surface area contributed by atoms with E-state index >= 15 is 0 Å². The van der Waals surface area contributed by atoms with E-state index in [0.29, 0.717) is 12.2 Å². The molecule has 0 bridgehead atoms.